The van der Waals surface area contributed by atoms with Crippen LogP contribution in [0.1, 0.15) is 53.9 Å². The van der Waals surface area contributed by atoms with E-state index in [1.165, 1.54) is 71.7 Å². The molecule has 0 N–H and O–H groups in total. The van der Waals surface area contributed by atoms with Crippen LogP contribution >= 0.6 is 0 Å². The van der Waals surface area contributed by atoms with Crippen molar-refractivity contribution in [3.8, 4) is 16.9 Å². The van der Waals surface area contributed by atoms with Gasteiger partial charge in [0.05, 0.1) is 5.92 Å². The number of ether oxygens (including phenoxy) is 1. The average molecular weight is 605 g/mol. The Morgan fingerprint density at radius 2 is 1.51 bits per heavy atom. The molecule has 0 saturated carbocycles. The van der Waals surface area contributed by atoms with Crippen LogP contribution in [-0.4, -0.2) is 6.10 Å². The van der Waals surface area contributed by atoms with E-state index in [2.05, 4.69) is 140 Å². The van der Waals surface area contributed by atoms with Crippen molar-refractivity contribution in [3.63, 3.8) is 0 Å². The molecular formula is C46H36O. The van der Waals surface area contributed by atoms with Gasteiger partial charge in [0, 0.05) is 11.5 Å². The lowest BCUT2D eigenvalue weighted by Gasteiger charge is -2.40. The summed E-state index contributed by atoms with van der Waals surface area (Å²) in [6.45, 7) is 0. The first-order valence-corrected chi connectivity index (χ1v) is 17.3. The molecule has 4 aromatic carbocycles. The highest BCUT2D eigenvalue weighted by atomic mass is 16.5. The maximum Gasteiger partial charge on any atom is 0.129 e. The first-order chi connectivity index (χ1) is 23.3. The summed E-state index contributed by atoms with van der Waals surface area (Å²) in [6.07, 6.45) is 24.3. The van der Waals surface area contributed by atoms with Crippen molar-refractivity contribution >= 4 is 23.3 Å². The van der Waals surface area contributed by atoms with Crippen molar-refractivity contribution < 1.29 is 4.74 Å². The topological polar surface area (TPSA) is 9.23 Å². The minimum Gasteiger partial charge on any atom is -0.485 e. The molecule has 0 aromatic heterocycles. The number of allylic oxidation sites excluding steroid dienone is 11. The molecule has 47 heavy (non-hydrogen) atoms. The van der Waals surface area contributed by atoms with E-state index in [-0.39, 0.29) is 12.0 Å². The van der Waals surface area contributed by atoms with Crippen LogP contribution in [0.25, 0.3) is 34.4 Å². The molecule has 0 radical (unpaired) electrons. The molecule has 10 rings (SSSR count). The predicted molar refractivity (Wildman–Crippen MR) is 194 cm³/mol. The van der Waals surface area contributed by atoms with Gasteiger partial charge in [-0.3, -0.25) is 0 Å². The monoisotopic (exact) mass is 604 g/mol. The normalized spacial score (nSPS) is 23.1. The number of rotatable bonds is 3. The van der Waals surface area contributed by atoms with Crippen molar-refractivity contribution in [1.29, 1.82) is 0 Å². The number of hydrogen-bond acceptors (Lipinski definition) is 1. The van der Waals surface area contributed by atoms with Gasteiger partial charge in [0.1, 0.15) is 11.9 Å². The van der Waals surface area contributed by atoms with Gasteiger partial charge in [0.25, 0.3) is 0 Å². The Bertz CT molecular complexity index is 2300. The van der Waals surface area contributed by atoms with E-state index in [0.717, 1.165) is 37.9 Å². The predicted octanol–water partition coefficient (Wildman–Crippen LogP) is 9.42. The van der Waals surface area contributed by atoms with Gasteiger partial charge >= 0.3 is 0 Å². The summed E-state index contributed by atoms with van der Waals surface area (Å²) in [4.78, 5) is 0. The Labute approximate surface area is 276 Å². The molecule has 6 aliphatic rings. The largest absolute Gasteiger partial charge is 0.485 e. The third kappa shape index (κ3) is 4.16. The SMILES string of the molecule is C1=CCC2C(=C1)C(c1ccc(-c3cccc4c3C=CCC4)cc1)=C1C=CCCC1=C2C1=c2ccccc2=CC2Oc3ccccc3C12. The summed E-state index contributed by atoms with van der Waals surface area (Å²) in [6, 6.07) is 33.9. The summed E-state index contributed by atoms with van der Waals surface area (Å²) in [7, 11) is 0. The highest BCUT2D eigenvalue weighted by Gasteiger charge is 2.43. The molecule has 1 heterocycles. The summed E-state index contributed by atoms with van der Waals surface area (Å²) >= 11 is 0. The second kappa shape index (κ2) is 10.7. The van der Waals surface area contributed by atoms with E-state index in [1.807, 2.05) is 0 Å². The Morgan fingerprint density at radius 1 is 0.681 bits per heavy atom. The molecule has 1 nitrogen and oxygen atoms in total. The van der Waals surface area contributed by atoms with Gasteiger partial charge in [0.15, 0.2) is 0 Å². The first-order valence-electron chi connectivity index (χ1n) is 17.3. The lowest BCUT2D eigenvalue weighted by atomic mass is 9.64. The Morgan fingerprint density at radius 3 is 2.47 bits per heavy atom. The van der Waals surface area contributed by atoms with E-state index in [9.17, 15) is 0 Å². The Hall–Kier alpha value is -5.14. The lowest BCUT2D eigenvalue weighted by Crippen LogP contribution is -2.40. The number of para-hydroxylation sites is 1. The Kier molecular flexibility index (Phi) is 6.16. The fourth-order valence-corrected chi connectivity index (χ4v) is 9.14. The van der Waals surface area contributed by atoms with E-state index in [4.69, 9.17) is 4.74 Å². The molecule has 0 fully saturated rings. The van der Waals surface area contributed by atoms with Crippen molar-refractivity contribution in [3.05, 3.63) is 182 Å². The fourth-order valence-electron chi connectivity index (χ4n) is 9.14. The molecule has 1 heteroatoms. The zero-order valence-corrected chi connectivity index (χ0v) is 26.5. The van der Waals surface area contributed by atoms with Crippen LogP contribution in [0.4, 0.5) is 0 Å². The molecule has 0 bridgehead atoms. The zero-order chi connectivity index (χ0) is 30.9. The van der Waals surface area contributed by atoms with Crippen LogP contribution in [0.3, 0.4) is 0 Å². The zero-order valence-electron chi connectivity index (χ0n) is 26.5. The molecule has 0 spiro atoms. The van der Waals surface area contributed by atoms with Crippen LogP contribution in [0.15, 0.2) is 150 Å². The average Bonchev–Trinajstić information content (AvgIpc) is 3.51. The van der Waals surface area contributed by atoms with Crippen LogP contribution < -0.4 is 15.2 Å². The Balaban J connectivity index is 1.19. The molecule has 4 aromatic rings. The second-order valence-corrected chi connectivity index (χ2v) is 13.6. The minimum absolute atomic E-state index is 0.0102. The maximum absolute atomic E-state index is 6.68. The van der Waals surface area contributed by atoms with Gasteiger partial charge in [0.2, 0.25) is 0 Å². The van der Waals surface area contributed by atoms with Crippen molar-refractivity contribution in [2.75, 3.05) is 0 Å². The maximum atomic E-state index is 6.68. The minimum atomic E-state index is 0.0102. The van der Waals surface area contributed by atoms with E-state index in [0.29, 0.717) is 5.92 Å². The van der Waals surface area contributed by atoms with Gasteiger partial charge in [-0.25, -0.2) is 0 Å². The molecule has 0 saturated heterocycles. The quantitative estimate of drug-likeness (QED) is 0.226. The smallest absolute Gasteiger partial charge is 0.129 e. The highest BCUT2D eigenvalue weighted by molar-refractivity contribution is 5.95. The summed E-state index contributed by atoms with van der Waals surface area (Å²) in [5.41, 5.74) is 16.9. The van der Waals surface area contributed by atoms with Crippen LogP contribution in [-0.2, 0) is 6.42 Å². The number of benzene rings is 4. The summed E-state index contributed by atoms with van der Waals surface area (Å²) < 4.78 is 6.68. The third-order valence-electron chi connectivity index (χ3n) is 11.1. The van der Waals surface area contributed by atoms with Crippen LogP contribution in [0.2, 0.25) is 0 Å². The van der Waals surface area contributed by atoms with Gasteiger partial charge in [-0.2, -0.15) is 0 Å². The standard InChI is InChI=1S/C46H36O/c1-3-15-33-29(12-1)14-11-22-34(33)30-24-26-31(27-25-30)43-36-17-5-7-19-38(36)44(39-20-8-6-18-37(39)43)46-35-16-4-2-13-32(35)28-42-45(46)40-21-9-10-23-41(40)47-42/h2-7,9-11,13-18,21-28,38,42,45H,1,8,12,19-20H2. The van der Waals surface area contributed by atoms with E-state index >= 15 is 0 Å². The molecule has 5 aliphatic carbocycles. The lowest BCUT2D eigenvalue weighted by molar-refractivity contribution is 0.285. The molecule has 3 atom stereocenters. The summed E-state index contributed by atoms with van der Waals surface area (Å²) in [5.74, 6) is 1.52. The first kappa shape index (κ1) is 27.0. The second-order valence-electron chi connectivity index (χ2n) is 13.6. The number of aryl methyl sites for hydroxylation is 1. The number of fused-ring (bicyclic) bond motifs is 7. The van der Waals surface area contributed by atoms with Crippen LogP contribution in [0, 0.1) is 5.92 Å². The molecule has 1 aliphatic heterocycles. The van der Waals surface area contributed by atoms with Gasteiger partial charge < -0.3 is 4.74 Å². The van der Waals surface area contributed by atoms with Gasteiger partial charge in [-0.1, -0.05) is 127 Å². The highest BCUT2D eigenvalue weighted by Crippen LogP contribution is 2.56. The van der Waals surface area contributed by atoms with Gasteiger partial charge in [-0.15, -0.1) is 0 Å². The van der Waals surface area contributed by atoms with Crippen molar-refractivity contribution in [1.82, 2.24) is 0 Å². The van der Waals surface area contributed by atoms with E-state index < -0.39 is 0 Å². The van der Waals surface area contributed by atoms with Crippen LogP contribution in [0.5, 0.6) is 5.75 Å². The van der Waals surface area contributed by atoms with Crippen molar-refractivity contribution in [2.24, 2.45) is 5.92 Å². The van der Waals surface area contributed by atoms with E-state index in [1.54, 1.807) is 5.57 Å². The summed E-state index contributed by atoms with van der Waals surface area (Å²) in [5, 5.41) is 2.66. The van der Waals surface area contributed by atoms with Crippen molar-refractivity contribution in [2.45, 2.75) is 44.1 Å². The molecule has 226 valence electrons. The fraction of sp³-hybridized carbons (Fsp3) is 0.174. The third-order valence-corrected chi connectivity index (χ3v) is 11.1. The number of hydrogen-bond donors (Lipinski definition) is 0. The van der Waals surface area contributed by atoms with Gasteiger partial charge in [-0.05, 0) is 116 Å². The molecule has 0 amide bonds. The molecular weight excluding hydrogens is 569 g/mol. The molecule has 3 unspecified atom stereocenters.